The Morgan fingerprint density at radius 1 is 1.42 bits per heavy atom. The van der Waals surface area contributed by atoms with E-state index >= 15 is 0 Å². The molecule has 0 bridgehead atoms. The Morgan fingerprint density at radius 3 is 2.68 bits per heavy atom. The van der Waals surface area contributed by atoms with Crippen molar-refractivity contribution in [3.63, 3.8) is 0 Å². The Bertz CT molecular complexity index is 404. The van der Waals surface area contributed by atoms with Gasteiger partial charge in [-0.3, -0.25) is 4.79 Å². The molecule has 5 nitrogen and oxygen atoms in total. The highest BCUT2D eigenvalue weighted by Crippen LogP contribution is 2.08. The van der Waals surface area contributed by atoms with Crippen molar-refractivity contribution < 1.29 is 14.3 Å². The normalized spacial score (nSPS) is 12.0. The van der Waals surface area contributed by atoms with Gasteiger partial charge in [0.05, 0.1) is 13.2 Å². The quantitative estimate of drug-likeness (QED) is 0.841. The number of carbonyl (C=O) groups is 2. The monoisotopic (exact) mass is 284 g/mol. The third kappa shape index (κ3) is 5.30. The average molecular weight is 284 g/mol. The van der Waals surface area contributed by atoms with Crippen LogP contribution in [0, 0.1) is 5.92 Å². The van der Waals surface area contributed by atoms with Crippen molar-refractivity contribution in [1.29, 1.82) is 0 Å². The lowest BCUT2D eigenvalue weighted by molar-refractivity contribution is -0.124. The number of nitrogens with one attached hydrogen (secondary N) is 2. The molecule has 0 aromatic carbocycles. The molecule has 2 amide bonds. The van der Waals surface area contributed by atoms with E-state index in [9.17, 15) is 9.59 Å². The summed E-state index contributed by atoms with van der Waals surface area (Å²) in [4.78, 5) is 24.5. The highest BCUT2D eigenvalue weighted by atomic mass is 32.1. The first-order valence-electron chi connectivity index (χ1n) is 6.28. The molecule has 2 N–H and O–H groups in total. The lowest BCUT2D eigenvalue weighted by Gasteiger charge is -2.21. The van der Waals surface area contributed by atoms with E-state index in [4.69, 9.17) is 4.74 Å². The zero-order chi connectivity index (χ0) is 14.3. The van der Waals surface area contributed by atoms with Crippen molar-refractivity contribution in [3.8, 4) is 0 Å². The van der Waals surface area contributed by atoms with Crippen molar-refractivity contribution in [2.75, 3.05) is 6.61 Å². The molecule has 0 aliphatic heterocycles. The maximum absolute atomic E-state index is 12.0. The molecule has 0 saturated carbocycles. The van der Waals surface area contributed by atoms with Gasteiger partial charge >= 0.3 is 6.09 Å². The van der Waals surface area contributed by atoms with Crippen LogP contribution in [0.3, 0.4) is 0 Å². The molecule has 0 aliphatic carbocycles. The second kappa shape index (κ2) is 7.78. The molecule has 0 aliphatic rings. The molecule has 0 radical (unpaired) electrons. The minimum atomic E-state index is -0.584. The Labute approximate surface area is 117 Å². The zero-order valence-electron chi connectivity index (χ0n) is 11.4. The topological polar surface area (TPSA) is 67.4 Å². The standard InChI is InChI=1S/C13H20N2O3S/c1-4-18-13(17)15-11(9(2)3)12(16)14-8-10-6-5-7-19-10/h5-7,9,11H,4,8H2,1-3H3,(H,14,16)(H,15,17). The number of thiophene rings is 1. The molecule has 1 rings (SSSR count). The van der Waals surface area contributed by atoms with Gasteiger partial charge in [-0.1, -0.05) is 19.9 Å². The van der Waals surface area contributed by atoms with E-state index < -0.39 is 12.1 Å². The molecule has 1 aromatic rings. The van der Waals surface area contributed by atoms with Crippen molar-refractivity contribution in [3.05, 3.63) is 22.4 Å². The van der Waals surface area contributed by atoms with Crippen LogP contribution in [-0.2, 0) is 16.1 Å². The van der Waals surface area contributed by atoms with Gasteiger partial charge in [0, 0.05) is 4.88 Å². The van der Waals surface area contributed by atoms with Gasteiger partial charge in [-0.25, -0.2) is 4.79 Å². The van der Waals surface area contributed by atoms with Crippen LogP contribution in [0.5, 0.6) is 0 Å². The molecular formula is C13H20N2O3S. The van der Waals surface area contributed by atoms with Crippen molar-refractivity contribution in [1.82, 2.24) is 10.6 Å². The summed E-state index contributed by atoms with van der Waals surface area (Å²) in [5.41, 5.74) is 0. The van der Waals surface area contributed by atoms with Crippen molar-refractivity contribution >= 4 is 23.3 Å². The molecule has 19 heavy (non-hydrogen) atoms. The van der Waals surface area contributed by atoms with Crippen LogP contribution in [0.1, 0.15) is 25.6 Å². The zero-order valence-corrected chi connectivity index (χ0v) is 12.3. The minimum Gasteiger partial charge on any atom is -0.450 e. The predicted octanol–water partition coefficient (Wildman–Crippen LogP) is 2.13. The van der Waals surface area contributed by atoms with Crippen molar-refractivity contribution in [2.24, 2.45) is 5.92 Å². The summed E-state index contributed by atoms with van der Waals surface area (Å²) in [5, 5.41) is 7.35. The largest absolute Gasteiger partial charge is 0.450 e. The van der Waals surface area contributed by atoms with Gasteiger partial charge in [-0.15, -0.1) is 11.3 Å². The molecule has 1 atom stereocenters. The molecule has 1 heterocycles. The Balaban J connectivity index is 2.50. The van der Waals surface area contributed by atoms with E-state index in [1.807, 2.05) is 31.4 Å². The van der Waals surface area contributed by atoms with E-state index in [2.05, 4.69) is 10.6 Å². The summed E-state index contributed by atoms with van der Waals surface area (Å²) >= 11 is 1.58. The van der Waals surface area contributed by atoms with Gasteiger partial charge in [0.1, 0.15) is 6.04 Å². The van der Waals surface area contributed by atoms with Crippen LogP contribution in [0.4, 0.5) is 4.79 Å². The van der Waals surface area contributed by atoms with E-state index in [1.54, 1.807) is 18.3 Å². The summed E-state index contributed by atoms with van der Waals surface area (Å²) in [6, 6.07) is 3.30. The first-order chi connectivity index (χ1) is 9.04. The smallest absolute Gasteiger partial charge is 0.407 e. The van der Waals surface area contributed by atoms with Crippen molar-refractivity contribution in [2.45, 2.75) is 33.4 Å². The van der Waals surface area contributed by atoms with E-state index in [1.165, 1.54) is 0 Å². The molecule has 0 fully saturated rings. The van der Waals surface area contributed by atoms with Crippen LogP contribution in [0.2, 0.25) is 0 Å². The molecule has 106 valence electrons. The van der Waals surface area contributed by atoms with Gasteiger partial charge in [0.15, 0.2) is 0 Å². The van der Waals surface area contributed by atoms with Crippen LogP contribution in [0.15, 0.2) is 17.5 Å². The molecular weight excluding hydrogens is 264 g/mol. The van der Waals surface area contributed by atoms with Gasteiger partial charge in [-0.05, 0) is 24.3 Å². The number of amides is 2. The summed E-state index contributed by atoms with van der Waals surface area (Å²) in [6.45, 7) is 6.24. The van der Waals surface area contributed by atoms with E-state index in [0.717, 1.165) is 4.88 Å². The third-order valence-corrected chi connectivity index (χ3v) is 3.39. The summed E-state index contributed by atoms with van der Waals surface area (Å²) in [7, 11) is 0. The highest BCUT2D eigenvalue weighted by Gasteiger charge is 2.24. The molecule has 6 heteroatoms. The maximum atomic E-state index is 12.0. The molecule has 0 saturated heterocycles. The lowest BCUT2D eigenvalue weighted by Crippen LogP contribution is -2.49. The number of hydrogen-bond donors (Lipinski definition) is 2. The Hall–Kier alpha value is -1.56. The van der Waals surface area contributed by atoms with Crippen LogP contribution >= 0.6 is 11.3 Å². The second-order valence-corrected chi connectivity index (χ2v) is 5.42. The van der Waals surface area contributed by atoms with Crippen LogP contribution in [0.25, 0.3) is 0 Å². The van der Waals surface area contributed by atoms with Gasteiger partial charge in [0.2, 0.25) is 5.91 Å². The first-order valence-corrected chi connectivity index (χ1v) is 7.16. The minimum absolute atomic E-state index is 0.00672. The number of ether oxygens (including phenoxy) is 1. The van der Waals surface area contributed by atoms with Gasteiger partial charge in [0.25, 0.3) is 0 Å². The molecule has 0 spiro atoms. The summed E-state index contributed by atoms with van der Waals surface area (Å²) in [5.74, 6) is -0.204. The second-order valence-electron chi connectivity index (χ2n) is 4.38. The maximum Gasteiger partial charge on any atom is 0.407 e. The Morgan fingerprint density at radius 2 is 2.16 bits per heavy atom. The number of carbonyl (C=O) groups excluding carboxylic acids is 2. The molecule has 1 aromatic heterocycles. The van der Waals surface area contributed by atoms with Crippen LogP contribution < -0.4 is 10.6 Å². The Kier molecular flexibility index (Phi) is 6.35. The number of alkyl carbamates (subject to hydrolysis) is 1. The van der Waals surface area contributed by atoms with Crippen LogP contribution in [-0.4, -0.2) is 24.6 Å². The van der Waals surface area contributed by atoms with Gasteiger partial charge in [-0.2, -0.15) is 0 Å². The fraction of sp³-hybridized carbons (Fsp3) is 0.538. The summed E-state index contributed by atoms with van der Waals surface area (Å²) in [6.07, 6.45) is -0.563. The predicted molar refractivity (Wildman–Crippen MR) is 74.9 cm³/mol. The number of rotatable bonds is 6. The summed E-state index contributed by atoms with van der Waals surface area (Å²) < 4.78 is 4.80. The lowest BCUT2D eigenvalue weighted by atomic mass is 10.0. The third-order valence-electron chi connectivity index (χ3n) is 2.51. The van der Waals surface area contributed by atoms with Gasteiger partial charge < -0.3 is 15.4 Å². The first kappa shape index (κ1) is 15.5. The molecule has 1 unspecified atom stereocenters. The van der Waals surface area contributed by atoms with E-state index in [-0.39, 0.29) is 18.4 Å². The fourth-order valence-electron chi connectivity index (χ4n) is 1.53. The fourth-order valence-corrected chi connectivity index (χ4v) is 2.18. The number of hydrogen-bond acceptors (Lipinski definition) is 4. The average Bonchev–Trinajstić information content (AvgIpc) is 2.86. The van der Waals surface area contributed by atoms with E-state index in [0.29, 0.717) is 6.54 Å². The SMILES string of the molecule is CCOC(=O)NC(C(=O)NCc1cccs1)C(C)C. The highest BCUT2D eigenvalue weighted by molar-refractivity contribution is 7.09.